The summed E-state index contributed by atoms with van der Waals surface area (Å²) in [7, 11) is 0. The molecule has 1 amide bonds. The molecule has 1 saturated heterocycles. The molecule has 0 aliphatic carbocycles. The van der Waals surface area contributed by atoms with Gasteiger partial charge < -0.3 is 16.2 Å². The second kappa shape index (κ2) is 10.1. The number of nitrogens with one attached hydrogen (secondary N) is 1. The fourth-order valence-electron chi connectivity index (χ4n) is 4.24. The fourth-order valence-corrected chi connectivity index (χ4v) is 4.24. The first kappa shape index (κ1) is 22.9. The molecule has 3 aromatic rings. The highest BCUT2D eigenvalue weighted by molar-refractivity contribution is 5.91. The van der Waals surface area contributed by atoms with Gasteiger partial charge in [0.15, 0.2) is 0 Å². The number of phenolic OH excluding ortho intramolecular Hbond substituents is 1. The molecule has 0 saturated carbocycles. The zero-order valence-electron chi connectivity index (χ0n) is 19.2. The molecule has 1 aliphatic rings. The molecule has 174 valence electrons. The van der Waals surface area contributed by atoms with Crippen LogP contribution >= 0.6 is 0 Å². The first-order valence-electron chi connectivity index (χ1n) is 11.4. The van der Waals surface area contributed by atoms with Gasteiger partial charge in [0, 0.05) is 38.1 Å². The predicted octanol–water partition coefficient (Wildman–Crippen LogP) is 2.57. The molecular weight excluding hydrogens is 416 g/mol. The third-order valence-corrected chi connectivity index (χ3v) is 6.06. The first-order valence-corrected chi connectivity index (χ1v) is 11.4. The van der Waals surface area contributed by atoms with Crippen LogP contribution in [0.25, 0.3) is 10.9 Å². The number of hydrogen-bond acceptors (Lipinski definition) is 7. The molecular formula is C25H32N6O2. The van der Waals surface area contributed by atoms with E-state index in [4.69, 9.17) is 15.7 Å². The summed E-state index contributed by atoms with van der Waals surface area (Å²) in [6.07, 6.45) is 0. The zero-order chi connectivity index (χ0) is 23.4. The van der Waals surface area contributed by atoms with Gasteiger partial charge in [0.1, 0.15) is 23.4 Å². The number of aromatic nitrogens is 2. The molecule has 0 spiro atoms. The van der Waals surface area contributed by atoms with Gasteiger partial charge in [0.2, 0.25) is 5.91 Å². The van der Waals surface area contributed by atoms with E-state index in [9.17, 15) is 9.90 Å². The monoisotopic (exact) mass is 448 g/mol. The topological polar surface area (TPSA) is 108 Å². The molecule has 2 aromatic carbocycles. The van der Waals surface area contributed by atoms with Crippen LogP contribution in [0.5, 0.6) is 5.75 Å². The van der Waals surface area contributed by atoms with E-state index in [1.807, 2.05) is 56.3 Å². The van der Waals surface area contributed by atoms with Crippen LogP contribution in [0.4, 0.5) is 5.82 Å². The second-order valence-corrected chi connectivity index (χ2v) is 9.00. The number of piperazine rings is 1. The molecule has 0 bridgehead atoms. The summed E-state index contributed by atoms with van der Waals surface area (Å²) in [5.41, 5.74) is 7.59. The van der Waals surface area contributed by atoms with Crippen molar-refractivity contribution in [2.24, 2.45) is 11.7 Å². The number of aromatic hydroxyl groups is 1. The number of rotatable bonds is 8. The number of nitrogens with two attached hydrogens (primary N) is 1. The number of fused-ring (bicyclic) bond motifs is 1. The summed E-state index contributed by atoms with van der Waals surface area (Å²) in [5, 5.41) is 13.8. The Labute approximate surface area is 194 Å². The minimum atomic E-state index is -0.503. The van der Waals surface area contributed by atoms with Gasteiger partial charge in [-0.3, -0.25) is 14.6 Å². The van der Waals surface area contributed by atoms with Gasteiger partial charge in [0.25, 0.3) is 0 Å². The number of para-hydroxylation sites is 1. The standard InChI is InChI=1S/C25H32N6O2/c1-17(2)23(24(26)33)29-25-20-8-3-4-9-21(20)27-22(28-25)16-31-12-10-30(11-13-31)15-18-6-5-7-19(32)14-18/h3-9,14,17,23,32H,10-13,15-16H2,1-2H3,(H2,26,33)(H,27,28,29)/t23-/m0/s1. The van der Waals surface area contributed by atoms with Gasteiger partial charge in [-0.2, -0.15) is 0 Å². The van der Waals surface area contributed by atoms with E-state index in [-0.39, 0.29) is 5.92 Å². The van der Waals surface area contributed by atoms with Crippen LogP contribution in [0, 0.1) is 5.92 Å². The summed E-state index contributed by atoms with van der Waals surface area (Å²) in [5.74, 6) is 1.33. The van der Waals surface area contributed by atoms with Gasteiger partial charge >= 0.3 is 0 Å². The number of carbonyl (C=O) groups excluding carboxylic acids is 1. The maximum Gasteiger partial charge on any atom is 0.240 e. The molecule has 4 rings (SSSR count). The third kappa shape index (κ3) is 5.77. The third-order valence-electron chi connectivity index (χ3n) is 6.06. The highest BCUT2D eigenvalue weighted by Gasteiger charge is 2.22. The second-order valence-electron chi connectivity index (χ2n) is 9.00. The highest BCUT2D eigenvalue weighted by Crippen LogP contribution is 2.23. The lowest BCUT2D eigenvalue weighted by Crippen LogP contribution is -2.45. The SMILES string of the molecule is CC(C)[C@H](Nc1nc(CN2CCN(Cc3cccc(O)c3)CC2)nc2ccccc12)C(N)=O. The maximum absolute atomic E-state index is 12.0. The normalized spacial score (nSPS) is 16.2. The lowest BCUT2D eigenvalue weighted by molar-refractivity contribution is -0.119. The van der Waals surface area contributed by atoms with Crippen LogP contribution in [0.15, 0.2) is 48.5 Å². The van der Waals surface area contributed by atoms with Crippen molar-refractivity contribution in [2.75, 3.05) is 31.5 Å². The quantitative estimate of drug-likeness (QED) is 0.486. The minimum Gasteiger partial charge on any atom is -0.508 e. The van der Waals surface area contributed by atoms with Crippen molar-refractivity contribution in [3.05, 3.63) is 59.9 Å². The predicted molar refractivity (Wildman–Crippen MR) is 130 cm³/mol. The number of primary amides is 1. The Balaban J connectivity index is 1.45. The van der Waals surface area contributed by atoms with Crippen molar-refractivity contribution in [1.29, 1.82) is 0 Å². The summed E-state index contributed by atoms with van der Waals surface area (Å²) < 4.78 is 0. The van der Waals surface area contributed by atoms with Crippen molar-refractivity contribution in [3.8, 4) is 5.75 Å². The van der Waals surface area contributed by atoms with Gasteiger partial charge in [0.05, 0.1) is 12.1 Å². The van der Waals surface area contributed by atoms with E-state index < -0.39 is 11.9 Å². The van der Waals surface area contributed by atoms with E-state index in [0.717, 1.165) is 55.0 Å². The zero-order valence-corrected chi connectivity index (χ0v) is 19.2. The lowest BCUT2D eigenvalue weighted by Gasteiger charge is -2.34. The van der Waals surface area contributed by atoms with Crippen molar-refractivity contribution < 1.29 is 9.90 Å². The fraction of sp³-hybridized carbons (Fsp3) is 0.400. The smallest absolute Gasteiger partial charge is 0.240 e. The number of amides is 1. The number of hydrogen-bond donors (Lipinski definition) is 3. The van der Waals surface area contributed by atoms with Crippen LogP contribution in [0.2, 0.25) is 0 Å². The van der Waals surface area contributed by atoms with Crippen LogP contribution in [0.3, 0.4) is 0 Å². The number of benzene rings is 2. The molecule has 2 heterocycles. The molecule has 1 atom stereocenters. The van der Waals surface area contributed by atoms with Gasteiger partial charge in [-0.05, 0) is 35.7 Å². The molecule has 8 heteroatoms. The Morgan fingerprint density at radius 3 is 2.39 bits per heavy atom. The number of nitrogens with zero attached hydrogens (tertiary/aromatic N) is 4. The number of anilines is 1. The van der Waals surface area contributed by atoms with E-state index >= 15 is 0 Å². The first-order chi connectivity index (χ1) is 15.9. The van der Waals surface area contributed by atoms with Crippen molar-refractivity contribution in [2.45, 2.75) is 33.0 Å². The average Bonchev–Trinajstić information content (AvgIpc) is 2.78. The molecule has 0 unspecified atom stereocenters. The largest absolute Gasteiger partial charge is 0.508 e. The summed E-state index contributed by atoms with van der Waals surface area (Å²) in [6, 6.07) is 14.8. The number of carbonyl (C=O) groups is 1. The van der Waals surface area contributed by atoms with Crippen LogP contribution in [-0.4, -0.2) is 63.0 Å². The number of phenols is 1. The van der Waals surface area contributed by atoms with E-state index in [1.54, 1.807) is 6.07 Å². The van der Waals surface area contributed by atoms with E-state index in [0.29, 0.717) is 18.1 Å². The minimum absolute atomic E-state index is 0.0410. The van der Waals surface area contributed by atoms with Crippen LogP contribution < -0.4 is 11.1 Å². The van der Waals surface area contributed by atoms with Crippen LogP contribution in [0.1, 0.15) is 25.2 Å². The Kier molecular flexibility index (Phi) is 7.05. The van der Waals surface area contributed by atoms with E-state index in [1.165, 1.54) is 0 Å². The Morgan fingerprint density at radius 1 is 1.03 bits per heavy atom. The Hall–Kier alpha value is -3.23. The maximum atomic E-state index is 12.0. The molecule has 1 aromatic heterocycles. The Morgan fingerprint density at radius 2 is 1.73 bits per heavy atom. The van der Waals surface area contributed by atoms with Crippen molar-refractivity contribution >= 4 is 22.6 Å². The molecule has 1 aliphatic heterocycles. The van der Waals surface area contributed by atoms with Gasteiger partial charge in [-0.25, -0.2) is 9.97 Å². The molecule has 4 N–H and O–H groups in total. The van der Waals surface area contributed by atoms with E-state index in [2.05, 4.69) is 15.1 Å². The highest BCUT2D eigenvalue weighted by atomic mass is 16.3. The molecule has 33 heavy (non-hydrogen) atoms. The van der Waals surface area contributed by atoms with Crippen molar-refractivity contribution in [1.82, 2.24) is 19.8 Å². The van der Waals surface area contributed by atoms with Crippen molar-refractivity contribution in [3.63, 3.8) is 0 Å². The van der Waals surface area contributed by atoms with Gasteiger partial charge in [-0.1, -0.05) is 38.1 Å². The lowest BCUT2D eigenvalue weighted by atomic mass is 10.0. The summed E-state index contributed by atoms with van der Waals surface area (Å²) in [6.45, 7) is 9.08. The van der Waals surface area contributed by atoms with Gasteiger partial charge in [-0.15, -0.1) is 0 Å². The molecule has 8 nitrogen and oxygen atoms in total. The molecule has 0 radical (unpaired) electrons. The summed E-state index contributed by atoms with van der Waals surface area (Å²) in [4.78, 5) is 26.2. The Bertz CT molecular complexity index is 1110. The molecule has 1 fully saturated rings. The van der Waals surface area contributed by atoms with Crippen LogP contribution in [-0.2, 0) is 17.9 Å². The summed E-state index contributed by atoms with van der Waals surface area (Å²) >= 11 is 0. The average molecular weight is 449 g/mol.